The van der Waals surface area contributed by atoms with E-state index in [2.05, 4.69) is 44.0 Å². The lowest BCUT2D eigenvalue weighted by Crippen LogP contribution is -2.33. The van der Waals surface area contributed by atoms with Crippen LogP contribution in [0.15, 0.2) is 6.33 Å². The standard InChI is InChI=1S/C13H22N6O/c1-4-14-13-17-11-10(15-8-16-11)12(18-13)19(9(2)3)6-5-7-20/h8-9,20H,4-7H2,1-3H3,(H2,14,15,16,17,18). The summed E-state index contributed by atoms with van der Waals surface area (Å²) in [5.74, 6) is 1.41. The van der Waals surface area contributed by atoms with E-state index >= 15 is 0 Å². The minimum Gasteiger partial charge on any atom is -0.396 e. The number of hydrogen-bond donors (Lipinski definition) is 3. The Hall–Kier alpha value is -1.89. The number of anilines is 2. The summed E-state index contributed by atoms with van der Waals surface area (Å²) in [5, 5.41) is 12.2. The lowest BCUT2D eigenvalue weighted by molar-refractivity contribution is 0.288. The van der Waals surface area contributed by atoms with Gasteiger partial charge in [0, 0.05) is 25.7 Å². The van der Waals surface area contributed by atoms with Crippen molar-refractivity contribution in [2.45, 2.75) is 33.2 Å². The van der Waals surface area contributed by atoms with Crippen molar-refractivity contribution in [1.82, 2.24) is 19.9 Å². The average Bonchev–Trinajstić information content (AvgIpc) is 2.87. The molecule has 0 amide bonds. The van der Waals surface area contributed by atoms with Crippen LogP contribution < -0.4 is 10.2 Å². The molecule has 0 radical (unpaired) electrons. The van der Waals surface area contributed by atoms with Crippen LogP contribution in [0.25, 0.3) is 11.2 Å². The Morgan fingerprint density at radius 2 is 2.20 bits per heavy atom. The molecule has 7 heteroatoms. The second kappa shape index (κ2) is 6.51. The molecule has 110 valence electrons. The quantitative estimate of drug-likeness (QED) is 0.709. The minimum atomic E-state index is 0.167. The molecule has 0 unspecified atom stereocenters. The number of fused-ring (bicyclic) bond motifs is 1. The molecule has 2 rings (SSSR count). The van der Waals surface area contributed by atoms with Crippen LogP contribution in [0.5, 0.6) is 0 Å². The molecule has 0 aromatic carbocycles. The third-order valence-electron chi connectivity index (χ3n) is 3.05. The van der Waals surface area contributed by atoms with Crippen molar-refractivity contribution in [3.8, 4) is 0 Å². The van der Waals surface area contributed by atoms with Gasteiger partial charge >= 0.3 is 0 Å². The molecule has 2 aromatic heterocycles. The fraction of sp³-hybridized carbons (Fsp3) is 0.615. The third kappa shape index (κ3) is 2.98. The van der Waals surface area contributed by atoms with Gasteiger partial charge in [-0.2, -0.15) is 9.97 Å². The Morgan fingerprint density at radius 1 is 1.40 bits per heavy atom. The minimum absolute atomic E-state index is 0.167. The van der Waals surface area contributed by atoms with Crippen LogP contribution in [0.4, 0.5) is 11.8 Å². The number of nitrogens with one attached hydrogen (secondary N) is 2. The molecule has 3 N–H and O–H groups in total. The second-order valence-corrected chi connectivity index (χ2v) is 4.87. The molecular weight excluding hydrogens is 256 g/mol. The topological polar surface area (TPSA) is 90.0 Å². The average molecular weight is 278 g/mol. The predicted octanol–water partition coefficient (Wildman–Crippen LogP) is 1.38. The fourth-order valence-corrected chi connectivity index (χ4v) is 2.11. The molecule has 7 nitrogen and oxygen atoms in total. The smallest absolute Gasteiger partial charge is 0.226 e. The summed E-state index contributed by atoms with van der Waals surface area (Å²) in [6.07, 6.45) is 2.33. The number of nitrogens with zero attached hydrogens (tertiary/aromatic N) is 4. The Kier molecular flexibility index (Phi) is 4.73. The van der Waals surface area contributed by atoms with Crippen LogP contribution in [-0.4, -0.2) is 50.8 Å². The molecule has 20 heavy (non-hydrogen) atoms. The number of rotatable bonds is 7. The first kappa shape index (κ1) is 14.5. The molecule has 0 saturated carbocycles. The lowest BCUT2D eigenvalue weighted by Gasteiger charge is -2.28. The van der Waals surface area contributed by atoms with Gasteiger partial charge in [-0.1, -0.05) is 0 Å². The van der Waals surface area contributed by atoms with Gasteiger partial charge in [0.15, 0.2) is 11.5 Å². The normalized spacial score (nSPS) is 11.2. The molecular formula is C13H22N6O. The lowest BCUT2D eigenvalue weighted by atomic mass is 10.2. The molecule has 0 bridgehead atoms. The van der Waals surface area contributed by atoms with Crippen molar-refractivity contribution < 1.29 is 5.11 Å². The Balaban J connectivity index is 2.45. The van der Waals surface area contributed by atoms with Crippen LogP contribution >= 0.6 is 0 Å². The largest absolute Gasteiger partial charge is 0.396 e. The Labute approximate surface area is 118 Å². The highest BCUT2D eigenvalue weighted by atomic mass is 16.3. The first-order valence-electron chi connectivity index (χ1n) is 6.99. The monoisotopic (exact) mass is 278 g/mol. The zero-order valence-corrected chi connectivity index (χ0v) is 12.2. The van der Waals surface area contributed by atoms with Crippen molar-refractivity contribution in [3.63, 3.8) is 0 Å². The van der Waals surface area contributed by atoms with Crippen LogP contribution in [-0.2, 0) is 0 Å². The molecule has 0 aliphatic carbocycles. The van der Waals surface area contributed by atoms with Crippen LogP contribution in [0.3, 0.4) is 0 Å². The number of imidazole rings is 1. The van der Waals surface area contributed by atoms with Gasteiger partial charge in [-0.15, -0.1) is 0 Å². The van der Waals surface area contributed by atoms with Crippen molar-refractivity contribution in [3.05, 3.63) is 6.33 Å². The Morgan fingerprint density at radius 3 is 2.85 bits per heavy atom. The molecule has 0 fully saturated rings. The van der Waals surface area contributed by atoms with Gasteiger partial charge in [0.1, 0.15) is 5.52 Å². The zero-order chi connectivity index (χ0) is 14.5. The van der Waals surface area contributed by atoms with Gasteiger partial charge in [0.05, 0.1) is 6.33 Å². The van der Waals surface area contributed by atoms with E-state index in [0.29, 0.717) is 18.0 Å². The molecule has 0 saturated heterocycles. The third-order valence-corrected chi connectivity index (χ3v) is 3.05. The predicted molar refractivity (Wildman–Crippen MR) is 80.0 cm³/mol. The fourth-order valence-electron chi connectivity index (χ4n) is 2.11. The molecule has 0 aliphatic rings. The summed E-state index contributed by atoms with van der Waals surface area (Å²) in [5.41, 5.74) is 1.49. The van der Waals surface area contributed by atoms with E-state index in [0.717, 1.165) is 24.4 Å². The van der Waals surface area contributed by atoms with Crippen LogP contribution in [0, 0.1) is 0 Å². The highest BCUT2D eigenvalue weighted by molar-refractivity contribution is 5.84. The first-order chi connectivity index (χ1) is 9.67. The van der Waals surface area contributed by atoms with E-state index in [9.17, 15) is 0 Å². The van der Waals surface area contributed by atoms with E-state index in [1.807, 2.05) is 6.92 Å². The van der Waals surface area contributed by atoms with E-state index < -0.39 is 0 Å². The summed E-state index contributed by atoms with van der Waals surface area (Å²) in [6, 6.07) is 0.275. The molecule has 0 aliphatic heterocycles. The van der Waals surface area contributed by atoms with E-state index in [1.54, 1.807) is 6.33 Å². The number of hydrogen-bond acceptors (Lipinski definition) is 6. The van der Waals surface area contributed by atoms with Gasteiger partial charge in [0.2, 0.25) is 5.95 Å². The molecule has 2 heterocycles. The second-order valence-electron chi connectivity index (χ2n) is 4.87. The maximum Gasteiger partial charge on any atom is 0.226 e. The summed E-state index contributed by atoms with van der Waals surface area (Å²) in [4.78, 5) is 18.4. The van der Waals surface area contributed by atoms with Gasteiger partial charge in [-0.25, -0.2) is 4.98 Å². The maximum atomic E-state index is 9.06. The molecule has 2 aromatic rings. The highest BCUT2D eigenvalue weighted by Gasteiger charge is 2.18. The van der Waals surface area contributed by atoms with E-state index in [-0.39, 0.29) is 12.6 Å². The van der Waals surface area contributed by atoms with Crippen molar-refractivity contribution >= 4 is 22.9 Å². The zero-order valence-electron chi connectivity index (χ0n) is 12.2. The Bertz CT molecular complexity index is 553. The molecule has 0 atom stereocenters. The van der Waals surface area contributed by atoms with Gasteiger partial charge in [-0.3, -0.25) is 0 Å². The van der Waals surface area contributed by atoms with Crippen LogP contribution in [0.1, 0.15) is 27.2 Å². The highest BCUT2D eigenvalue weighted by Crippen LogP contribution is 2.24. The van der Waals surface area contributed by atoms with Gasteiger partial charge in [-0.05, 0) is 27.2 Å². The molecule has 0 spiro atoms. The van der Waals surface area contributed by atoms with E-state index in [1.165, 1.54) is 0 Å². The van der Waals surface area contributed by atoms with Crippen molar-refractivity contribution in [1.29, 1.82) is 0 Å². The SMILES string of the molecule is CCNc1nc(N(CCCO)C(C)C)c2[nH]cnc2n1. The maximum absolute atomic E-state index is 9.06. The van der Waals surface area contributed by atoms with Crippen LogP contribution in [0.2, 0.25) is 0 Å². The number of H-pyrrole nitrogens is 1. The summed E-state index contributed by atoms with van der Waals surface area (Å²) < 4.78 is 0. The van der Waals surface area contributed by atoms with Gasteiger partial charge < -0.3 is 20.3 Å². The number of aromatic amines is 1. The van der Waals surface area contributed by atoms with Crippen molar-refractivity contribution in [2.24, 2.45) is 0 Å². The number of aliphatic hydroxyl groups is 1. The number of aromatic nitrogens is 4. The summed E-state index contributed by atoms with van der Waals surface area (Å²) in [6.45, 7) is 7.88. The summed E-state index contributed by atoms with van der Waals surface area (Å²) in [7, 11) is 0. The van der Waals surface area contributed by atoms with Crippen molar-refractivity contribution in [2.75, 3.05) is 29.9 Å². The van der Waals surface area contributed by atoms with Gasteiger partial charge in [0.25, 0.3) is 0 Å². The summed E-state index contributed by atoms with van der Waals surface area (Å²) >= 11 is 0. The first-order valence-corrected chi connectivity index (χ1v) is 6.99. The number of aliphatic hydroxyl groups excluding tert-OH is 1. The van der Waals surface area contributed by atoms with E-state index in [4.69, 9.17) is 5.11 Å².